The fraction of sp³-hybridized carbons (Fsp3) is 0.0952. The Labute approximate surface area is 194 Å². The van der Waals surface area contributed by atoms with Gasteiger partial charge in [-0.25, -0.2) is 4.79 Å². The number of hydrogen-bond donors (Lipinski definition) is 0. The van der Waals surface area contributed by atoms with Crippen LogP contribution in [0, 0.1) is 10.1 Å². The van der Waals surface area contributed by atoms with Gasteiger partial charge >= 0.3 is 5.97 Å². The van der Waals surface area contributed by atoms with Crippen molar-refractivity contribution in [3.8, 4) is 11.3 Å². The van der Waals surface area contributed by atoms with Crippen LogP contribution >= 0.6 is 23.4 Å². The summed E-state index contributed by atoms with van der Waals surface area (Å²) in [7, 11) is 1.21. The number of nitro benzene ring substituents is 1. The summed E-state index contributed by atoms with van der Waals surface area (Å²) < 4.78 is 15.5. The molecule has 1 aliphatic heterocycles. The molecule has 1 aliphatic rings. The van der Waals surface area contributed by atoms with Gasteiger partial charge in [0.1, 0.15) is 22.3 Å². The third-order valence-electron chi connectivity index (χ3n) is 4.56. The number of nitro groups is 1. The highest BCUT2D eigenvalue weighted by Gasteiger charge is 2.36. The van der Waals surface area contributed by atoms with Gasteiger partial charge in [-0.3, -0.25) is 24.6 Å². The van der Waals surface area contributed by atoms with E-state index in [1.807, 2.05) is 0 Å². The average molecular weight is 489 g/mol. The second-order valence-electron chi connectivity index (χ2n) is 6.65. The molecule has 0 atom stereocenters. The molecular weight excluding hydrogens is 476 g/mol. The molecule has 0 bridgehead atoms. The molecule has 0 saturated carbocycles. The molecule has 1 saturated heterocycles. The predicted octanol–water partition coefficient (Wildman–Crippen LogP) is 5.12. The van der Waals surface area contributed by atoms with Crippen molar-refractivity contribution in [2.24, 2.45) is 0 Å². The van der Waals surface area contributed by atoms with Crippen molar-refractivity contribution in [3.63, 3.8) is 0 Å². The fourth-order valence-electron chi connectivity index (χ4n) is 2.99. The Kier molecular flexibility index (Phi) is 6.07. The van der Waals surface area contributed by atoms with E-state index in [1.54, 1.807) is 18.2 Å². The van der Waals surface area contributed by atoms with E-state index in [0.717, 1.165) is 16.7 Å². The number of ether oxygens (including phenoxy) is 1. The third kappa shape index (κ3) is 4.54. The lowest BCUT2D eigenvalue weighted by atomic mass is 10.1. The first kappa shape index (κ1) is 22.4. The van der Waals surface area contributed by atoms with E-state index >= 15 is 0 Å². The lowest BCUT2D eigenvalue weighted by Gasteiger charge is -2.09. The van der Waals surface area contributed by atoms with Crippen LogP contribution in [-0.2, 0) is 16.1 Å². The van der Waals surface area contributed by atoms with Gasteiger partial charge in [-0.2, -0.15) is 0 Å². The minimum Gasteiger partial charge on any atom is -0.463 e. The van der Waals surface area contributed by atoms with E-state index in [1.165, 1.54) is 37.5 Å². The Morgan fingerprint density at radius 1 is 1.21 bits per heavy atom. The van der Waals surface area contributed by atoms with Gasteiger partial charge < -0.3 is 13.6 Å². The molecule has 1 fully saturated rings. The predicted molar refractivity (Wildman–Crippen MR) is 117 cm³/mol. The number of halogens is 1. The number of furan rings is 2. The molecule has 3 heterocycles. The van der Waals surface area contributed by atoms with Gasteiger partial charge in [0.15, 0.2) is 0 Å². The number of hydrogen-bond acceptors (Lipinski definition) is 9. The van der Waals surface area contributed by atoms with Crippen LogP contribution < -0.4 is 0 Å². The molecule has 168 valence electrons. The first-order valence-electron chi connectivity index (χ1n) is 9.23. The molecule has 0 N–H and O–H groups in total. The van der Waals surface area contributed by atoms with Gasteiger partial charge in [-0.1, -0.05) is 11.6 Å². The van der Waals surface area contributed by atoms with Gasteiger partial charge in [0.05, 0.1) is 23.5 Å². The second kappa shape index (κ2) is 8.96. The van der Waals surface area contributed by atoms with Crippen LogP contribution in [0.3, 0.4) is 0 Å². The number of methoxy groups -OCH3 is 1. The summed E-state index contributed by atoms with van der Waals surface area (Å²) in [6.07, 6.45) is 1.40. The summed E-state index contributed by atoms with van der Waals surface area (Å²) in [6, 6.07) is 10.3. The maximum absolute atomic E-state index is 12.7. The summed E-state index contributed by atoms with van der Waals surface area (Å²) >= 11 is 6.56. The van der Waals surface area contributed by atoms with Crippen LogP contribution in [0.5, 0.6) is 0 Å². The molecule has 4 rings (SSSR count). The third-order valence-corrected chi connectivity index (χ3v) is 5.79. The maximum atomic E-state index is 12.7. The van der Waals surface area contributed by atoms with Gasteiger partial charge in [0, 0.05) is 17.7 Å². The first-order valence-corrected chi connectivity index (χ1v) is 10.4. The van der Waals surface area contributed by atoms with Crippen molar-refractivity contribution in [2.75, 3.05) is 7.11 Å². The van der Waals surface area contributed by atoms with Gasteiger partial charge in [-0.15, -0.1) is 0 Å². The first-order chi connectivity index (χ1) is 15.8. The Morgan fingerprint density at radius 2 is 2.00 bits per heavy atom. The summed E-state index contributed by atoms with van der Waals surface area (Å²) in [4.78, 5) is 48.1. The van der Waals surface area contributed by atoms with Crippen LogP contribution in [0.1, 0.15) is 22.1 Å². The van der Waals surface area contributed by atoms with Gasteiger partial charge in [0.2, 0.25) is 5.76 Å². The highest BCUT2D eigenvalue weighted by Crippen LogP contribution is 2.35. The van der Waals surface area contributed by atoms with Crippen molar-refractivity contribution in [2.45, 2.75) is 6.54 Å². The fourth-order valence-corrected chi connectivity index (χ4v) is 3.99. The molecule has 0 unspecified atom stereocenters. The molecule has 3 aromatic rings. The van der Waals surface area contributed by atoms with E-state index in [-0.39, 0.29) is 39.4 Å². The van der Waals surface area contributed by atoms with Crippen molar-refractivity contribution in [1.82, 2.24) is 4.90 Å². The number of benzene rings is 1. The number of imide groups is 1. The SMILES string of the molecule is COC(=O)c1ccc(CN2C(=O)SC(=Cc3ccc(-c4ccc(Cl)c([N+](=O)[O-])c4)o3)C2=O)o1. The average Bonchev–Trinajstić information content (AvgIpc) is 3.51. The number of carbonyl (C=O) groups is 3. The zero-order valence-electron chi connectivity index (χ0n) is 16.8. The Bertz CT molecular complexity index is 1330. The summed E-state index contributed by atoms with van der Waals surface area (Å²) in [5.74, 6) is -0.426. The minimum absolute atomic E-state index is 0.000493. The van der Waals surface area contributed by atoms with Crippen molar-refractivity contribution in [3.05, 3.63) is 79.8 Å². The van der Waals surface area contributed by atoms with Gasteiger partial charge in [-0.05, 0) is 48.2 Å². The summed E-state index contributed by atoms with van der Waals surface area (Å²) in [5.41, 5.74) is 0.166. The van der Waals surface area contributed by atoms with Crippen molar-refractivity contribution in [1.29, 1.82) is 0 Å². The second-order valence-corrected chi connectivity index (χ2v) is 8.05. The molecule has 10 nitrogen and oxygen atoms in total. The normalized spacial score (nSPS) is 14.8. The van der Waals surface area contributed by atoms with E-state index in [2.05, 4.69) is 4.74 Å². The minimum atomic E-state index is -0.671. The van der Waals surface area contributed by atoms with E-state index in [9.17, 15) is 24.5 Å². The smallest absolute Gasteiger partial charge is 0.373 e. The lowest BCUT2D eigenvalue weighted by Crippen LogP contribution is -2.27. The topological polar surface area (TPSA) is 133 Å². The largest absolute Gasteiger partial charge is 0.463 e. The van der Waals surface area contributed by atoms with Gasteiger partial charge in [0.25, 0.3) is 16.8 Å². The highest BCUT2D eigenvalue weighted by molar-refractivity contribution is 8.18. The number of nitrogens with zero attached hydrogens (tertiary/aromatic N) is 2. The van der Waals surface area contributed by atoms with Crippen molar-refractivity contribution < 1.29 is 32.9 Å². The maximum Gasteiger partial charge on any atom is 0.373 e. The van der Waals surface area contributed by atoms with Crippen LogP contribution in [0.2, 0.25) is 5.02 Å². The lowest BCUT2D eigenvalue weighted by molar-refractivity contribution is -0.384. The monoisotopic (exact) mass is 488 g/mol. The van der Waals surface area contributed by atoms with Crippen LogP contribution in [0.4, 0.5) is 10.5 Å². The van der Waals surface area contributed by atoms with Crippen molar-refractivity contribution >= 4 is 52.2 Å². The molecule has 0 radical (unpaired) electrons. The number of rotatable bonds is 6. The zero-order chi connectivity index (χ0) is 23.7. The number of esters is 1. The van der Waals surface area contributed by atoms with Crippen LogP contribution in [0.15, 0.2) is 56.2 Å². The van der Waals surface area contributed by atoms with E-state index in [0.29, 0.717) is 11.3 Å². The number of thioether (sulfide) groups is 1. The molecule has 0 aliphatic carbocycles. The number of carbonyl (C=O) groups excluding carboxylic acids is 3. The molecule has 1 aromatic carbocycles. The van der Waals surface area contributed by atoms with Crippen LogP contribution in [-0.4, -0.2) is 34.0 Å². The molecular formula is C21H13ClN2O8S. The molecule has 2 amide bonds. The molecule has 0 spiro atoms. The zero-order valence-corrected chi connectivity index (χ0v) is 18.3. The Morgan fingerprint density at radius 3 is 2.73 bits per heavy atom. The summed E-state index contributed by atoms with van der Waals surface area (Å²) in [5, 5.41) is 10.6. The quantitative estimate of drug-likeness (QED) is 0.200. The highest BCUT2D eigenvalue weighted by atomic mass is 35.5. The molecule has 12 heteroatoms. The van der Waals surface area contributed by atoms with E-state index in [4.69, 9.17) is 20.4 Å². The standard InChI is InChI=1S/C21H13ClN2O8S/c1-30-20(26)17-7-4-13(32-17)10-23-19(25)18(33-21(23)27)9-12-3-6-16(31-12)11-2-5-14(22)15(8-11)24(28)29/h2-9H,10H2,1H3. The van der Waals surface area contributed by atoms with E-state index < -0.39 is 22.0 Å². The number of amides is 2. The molecule has 33 heavy (non-hydrogen) atoms. The van der Waals surface area contributed by atoms with Crippen LogP contribution in [0.25, 0.3) is 17.4 Å². The molecule has 2 aromatic heterocycles. The Balaban J connectivity index is 1.52. The summed E-state index contributed by atoms with van der Waals surface area (Å²) in [6.45, 7) is -0.156. The Hall–Kier alpha value is -3.83.